The van der Waals surface area contributed by atoms with Crippen LogP contribution in [0.1, 0.15) is 43.3 Å². The number of fused-ring (bicyclic) bond motifs is 2. The number of aromatic amines is 1. The van der Waals surface area contributed by atoms with E-state index in [1.54, 1.807) is 0 Å². The van der Waals surface area contributed by atoms with Crippen LogP contribution in [0.2, 0.25) is 0 Å². The zero-order valence-corrected chi connectivity index (χ0v) is 17.6. The molecule has 1 atom stereocenters. The van der Waals surface area contributed by atoms with Crippen molar-refractivity contribution in [3.63, 3.8) is 0 Å². The van der Waals surface area contributed by atoms with E-state index in [0.29, 0.717) is 19.8 Å². The van der Waals surface area contributed by atoms with Crippen molar-refractivity contribution in [1.82, 2.24) is 10.3 Å². The van der Waals surface area contributed by atoms with Crippen molar-refractivity contribution in [2.24, 2.45) is 0 Å². The number of ether oxygens (including phenoxy) is 3. The number of H-pyrrole nitrogens is 1. The maximum atomic E-state index is 11.6. The van der Waals surface area contributed by atoms with E-state index < -0.39 is 0 Å². The third-order valence-corrected chi connectivity index (χ3v) is 4.50. The minimum Gasteiger partial charge on any atom is -0.468 e. The molecule has 0 saturated carbocycles. The topological polar surface area (TPSA) is 72.6 Å². The number of methoxy groups -OCH3 is 1. The molecule has 2 aromatic rings. The fraction of sp³-hybridized carbons (Fsp3) is 0.348. The molecule has 0 spiro atoms. The number of hydrogen-bond acceptors (Lipinski definition) is 5. The summed E-state index contributed by atoms with van der Waals surface area (Å²) in [5.74, 6) is 1.47. The standard InChI is InChI=1S/C14H18N2O2.C7H6O2.C2H6/c1-4-6-11-9(5-2)10-7-12(14(17)18-3)15-8-13(10)16-11;1-2-4-7-6(3-1)8-5-9-7;1-2/h4-6,12,15-16H,2,7-8H2,1,3H3;1-4H,5H2;1-2H3/b6-4-;;/t12-;;/m0../s1. The monoisotopic (exact) mass is 398 g/mol. The van der Waals surface area contributed by atoms with Gasteiger partial charge in [-0.15, -0.1) is 0 Å². The van der Waals surface area contributed by atoms with Gasteiger partial charge in [-0.05, 0) is 30.7 Å². The molecule has 3 heterocycles. The first kappa shape index (κ1) is 22.3. The smallest absolute Gasteiger partial charge is 0.323 e. The summed E-state index contributed by atoms with van der Waals surface area (Å²) in [6.45, 7) is 10.8. The third-order valence-electron chi connectivity index (χ3n) is 4.50. The average molecular weight is 399 g/mol. The van der Waals surface area contributed by atoms with Crippen molar-refractivity contribution in [2.45, 2.75) is 39.8 Å². The Bertz CT molecular complexity index is 832. The van der Waals surface area contributed by atoms with Crippen LogP contribution in [0.4, 0.5) is 0 Å². The lowest BCUT2D eigenvalue weighted by Gasteiger charge is -2.22. The van der Waals surface area contributed by atoms with Gasteiger partial charge < -0.3 is 19.2 Å². The van der Waals surface area contributed by atoms with Crippen molar-refractivity contribution in [2.75, 3.05) is 13.9 Å². The van der Waals surface area contributed by atoms with Crippen molar-refractivity contribution in [3.8, 4) is 11.5 Å². The zero-order valence-electron chi connectivity index (χ0n) is 17.6. The molecule has 6 nitrogen and oxygen atoms in total. The number of para-hydroxylation sites is 2. The van der Waals surface area contributed by atoms with Gasteiger partial charge in [0.2, 0.25) is 6.79 Å². The second-order valence-corrected chi connectivity index (χ2v) is 6.13. The maximum Gasteiger partial charge on any atom is 0.323 e. The zero-order chi connectivity index (χ0) is 21.2. The highest BCUT2D eigenvalue weighted by molar-refractivity contribution is 5.77. The Morgan fingerprint density at radius 2 is 1.90 bits per heavy atom. The molecule has 4 rings (SSSR count). The molecule has 0 aliphatic carbocycles. The lowest BCUT2D eigenvalue weighted by Crippen LogP contribution is -2.42. The lowest BCUT2D eigenvalue weighted by atomic mass is 9.97. The highest BCUT2D eigenvalue weighted by Crippen LogP contribution is 2.30. The normalized spacial score (nSPS) is 16.1. The van der Waals surface area contributed by atoms with Gasteiger partial charge in [-0.1, -0.05) is 44.7 Å². The summed E-state index contributed by atoms with van der Waals surface area (Å²) in [6.07, 6.45) is 6.47. The van der Waals surface area contributed by atoms with E-state index >= 15 is 0 Å². The molecule has 156 valence electrons. The number of carbonyl (C=O) groups excluding carboxylic acids is 1. The first-order chi connectivity index (χ1) is 14.2. The summed E-state index contributed by atoms with van der Waals surface area (Å²) in [5, 5.41) is 3.17. The summed E-state index contributed by atoms with van der Waals surface area (Å²) in [7, 11) is 1.41. The van der Waals surface area contributed by atoms with Gasteiger partial charge in [-0.3, -0.25) is 10.1 Å². The minimum absolute atomic E-state index is 0.218. The maximum absolute atomic E-state index is 11.6. The van der Waals surface area contributed by atoms with Gasteiger partial charge in [0, 0.05) is 29.9 Å². The molecule has 29 heavy (non-hydrogen) atoms. The minimum atomic E-state index is -0.268. The van der Waals surface area contributed by atoms with E-state index in [1.807, 2.05) is 63.3 Å². The fourth-order valence-corrected chi connectivity index (χ4v) is 3.20. The van der Waals surface area contributed by atoms with E-state index in [0.717, 1.165) is 34.0 Å². The van der Waals surface area contributed by atoms with Gasteiger partial charge in [0.15, 0.2) is 11.5 Å². The predicted octanol–water partition coefficient (Wildman–Crippen LogP) is 4.32. The highest BCUT2D eigenvalue weighted by Gasteiger charge is 2.28. The summed E-state index contributed by atoms with van der Waals surface area (Å²) in [6, 6.07) is 7.36. The van der Waals surface area contributed by atoms with Crippen molar-refractivity contribution >= 4 is 18.1 Å². The Morgan fingerprint density at radius 1 is 1.24 bits per heavy atom. The van der Waals surface area contributed by atoms with Crippen LogP contribution in [0.25, 0.3) is 12.2 Å². The van der Waals surface area contributed by atoms with E-state index in [-0.39, 0.29) is 12.0 Å². The summed E-state index contributed by atoms with van der Waals surface area (Å²) >= 11 is 0. The molecule has 6 heteroatoms. The van der Waals surface area contributed by atoms with Crippen molar-refractivity contribution < 1.29 is 19.0 Å². The van der Waals surface area contributed by atoms with Gasteiger partial charge in [-0.2, -0.15) is 0 Å². The van der Waals surface area contributed by atoms with Crippen LogP contribution >= 0.6 is 0 Å². The molecule has 0 amide bonds. The molecule has 2 N–H and O–H groups in total. The fourth-order valence-electron chi connectivity index (χ4n) is 3.20. The highest BCUT2D eigenvalue weighted by atomic mass is 16.7. The number of rotatable bonds is 3. The Kier molecular flexibility index (Phi) is 8.55. The number of nitrogens with one attached hydrogen (secondary N) is 2. The number of carbonyl (C=O) groups is 1. The van der Waals surface area contributed by atoms with E-state index in [4.69, 9.17) is 14.2 Å². The number of allylic oxidation sites excluding steroid dienone is 1. The average Bonchev–Trinajstić information content (AvgIpc) is 3.38. The number of aromatic nitrogens is 1. The molecular formula is C23H30N2O4. The number of esters is 1. The van der Waals surface area contributed by atoms with Crippen LogP contribution in [0.3, 0.4) is 0 Å². The van der Waals surface area contributed by atoms with Crippen LogP contribution < -0.4 is 14.8 Å². The van der Waals surface area contributed by atoms with Crippen LogP contribution in [0.15, 0.2) is 36.9 Å². The Labute approximate surface area is 172 Å². The Hall–Kier alpha value is -2.99. The molecule has 0 fully saturated rings. The van der Waals surface area contributed by atoms with Crippen LogP contribution in [0, 0.1) is 0 Å². The van der Waals surface area contributed by atoms with E-state index in [9.17, 15) is 4.79 Å². The van der Waals surface area contributed by atoms with Crippen LogP contribution in [0.5, 0.6) is 11.5 Å². The summed E-state index contributed by atoms with van der Waals surface area (Å²) in [5.41, 5.74) is 4.41. The quantitative estimate of drug-likeness (QED) is 0.754. The Morgan fingerprint density at radius 3 is 2.45 bits per heavy atom. The third kappa shape index (κ3) is 5.29. The lowest BCUT2D eigenvalue weighted by molar-refractivity contribution is -0.143. The molecule has 0 bridgehead atoms. The van der Waals surface area contributed by atoms with Crippen LogP contribution in [-0.2, 0) is 22.5 Å². The Balaban J connectivity index is 0.000000226. The van der Waals surface area contributed by atoms with E-state index in [1.165, 1.54) is 7.11 Å². The van der Waals surface area contributed by atoms with Gasteiger partial charge in [0.1, 0.15) is 6.04 Å². The molecule has 0 radical (unpaired) electrons. The second kappa shape index (κ2) is 11.1. The summed E-state index contributed by atoms with van der Waals surface area (Å²) < 4.78 is 14.9. The van der Waals surface area contributed by atoms with Crippen molar-refractivity contribution in [1.29, 1.82) is 0 Å². The first-order valence-corrected chi connectivity index (χ1v) is 9.82. The van der Waals surface area contributed by atoms with Crippen LogP contribution in [-0.4, -0.2) is 30.9 Å². The molecule has 2 aliphatic rings. The van der Waals surface area contributed by atoms with Gasteiger partial charge in [0.05, 0.1) is 7.11 Å². The largest absolute Gasteiger partial charge is 0.468 e. The van der Waals surface area contributed by atoms with Crippen molar-refractivity contribution in [3.05, 3.63) is 59.4 Å². The summed E-state index contributed by atoms with van der Waals surface area (Å²) in [4.78, 5) is 14.9. The molecule has 2 aliphatic heterocycles. The first-order valence-electron chi connectivity index (χ1n) is 9.82. The number of hydrogen-bond donors (Lipinski definition) is 2. The molecular weight excluding hydrogens is 368 g/mol. The molecule has 1 aromatic carbocycles. The number of benzene rings is 1. The van der Waals surface area contributed by atoms with Gasteiger partial charge in [-0.25, -0.2) is 0 Å². The SMILES string of the molecule is C=Cc1c(/C=C\C)[nH]c2c1C[C@@H](C(=O)OC)NC2.CC.c1ccc2c(c1)OCO2. The molecule has 0 saturated heterocycles. The second-order valence-electron chi connectivity index (χ2n) is 6.13. The molecule has 1 aromatic heterocycles. The van der Waals surface area contributed by atoms with E-state index in [2.05, 4.69) is 16.9 Å². The van der Waals surface area contributed by atoms with Gasteiger partial charge in [0.25, 0.3) is 0 Å². The van der Waals surface area contributed by atoms with Gasteiger partial charge >= 0.3 is 5.97 Å². The molecule has 0 unspecified atom stereocenters. The predicted molar refractivity (Wildman–Crippen MR) is 116 cm³/mol.